The van der Waals surface area contributed by atoms with Crippen molar-refractivity contribution in [2.45, 2.75) is 40.0 Å². The largest absolute Gasteiger partial charge is 0.293 e. The summed E-state index contributed by atoms with van der Waals surface area (Å²) in [6, 6.07) is 0. The third-order valence-electron chi connectivity index (χ3n) is 3.12. The molecule has 1 saturated heterocycles. The van der Waals surface area contributed by atoms with E-state index in [1.807, 2.05) is 20.8 Å². The van der Waals surface area contributed by atoms with Gasteiger partial charge in [0, 0.05) is 5.41 Å². The molecule has 0 unspecified atom stereocenters. The summed E-state index contributed by atoms with van der Waals surface area (Å²) in [6.45, 7) is 9.99. The van der Waals surface area contributed by atoms with Gasteiger partial charge >= 0.3 is 0 Å². The van der Waals surface area contributed by atoms with Crippen molar-refractivity contribution in [3.8, 4) is 0 Å². The van der Waals surface area contributed by atoms with Gasteiger partial charge in [-0.2, -0.15) is 8.42 Å². The van der Waals surface area contributed by atoms with Crippen molar-refractivity contribution in [1.82, 2.24) is 0 Å². The quantitative estimate of drug-likeness (QED) is 0.566. The molecule has 92 valence electrons. The first-order valence-electron chi connectivity index (χ1n) is 5.50. The van der Waals surface area contributed by atoms with Gasteiger partial charge in [0.25, 0.3) is 10.1 Å². The Balaban J connectivity index is 2.76. The van der Waals surface area contributed by atoms with Gasteiger partial charge in [-0.3, -0.25) is 4.18 Å². The zero-order chi connectivity index (χ0) is 12.4. The fraction of sp³-hybridized carbons (Fsp3) is 0.667. The van der Waals surface area contributed by atoms with E-state index in [2.05, 4.69) is 12.7 Å². The molecular formula is C12H20O3S. The molecule has 0 aromatic heterocycles. The SMILES string of the molecule is C=C1[C@](C)(CCC=C(C)C)CCOS1(=O)=O. The Hall–Kier alpha value is -0.610. The molecule has 1 fully saturated rings. The number of rotatable bonds is 3. The summed E-state index contributed by atoms with van der Waals surface area (Å²) in [6.07, 6.45) is 4.54. The fourth-order valence-corrected chi connectivity index (χ4v) is 3.09. The maximum absolute atomic E-state index is 11.6. The lowest BCUT2D eigenvalue weighted by atomic mass is 9.82. The minimum atomic E-state index is -3.53. The average Bonchev–Trinajstić information content (AvgIpc) is 2.13. The molecule has 16 heavy (non-hydrogen) atoms. The summed E-state index contributed by atoms with van der Waals surface area (Å²) in [7, 11) is -3.53. The maximum atomic E-state index is 11.6. The fourth-order valence-electron chi connectivity index (χ4n) is 1.83. The monoisotopic (exact) mass is 244 g/mol. The first-order valence-corrected chi connectivity index (χ1v) is 6.91. The Bertz CT molecular complexity index is 402. The van der Waals surface area contributed by atoms with Crippen LogP contribution >= 0.6 is 0 Å². The van der Waals surface area contributed by atoms with E-state index in [1.54, 1.807) is 0 Å². The van der Waals surface area contributed by atoms with Crippen LogP contribution < -0.4 is 0 Å². The number of hydrogen-bond donors (Lipinski definition) is 0. The van der Waals surface area contributed by atoms with Gasteiger partial charge < -0.3 is 0 Å². The van der Waals surface area contributed by atoms with Crippen molar-refractivity contribution in [3.05, 3.63) is 23.1 Å². The number of allylic oxidation sites excluding steroid dienone is 3. The van der Waals surface area contributed by atoms with E-state index in [-0.39, 0.29) is 16.9 Å². The molecule has 3 nitrogen and oxygen atoms in total. The second kappa shape index (κ2) is 4.72. The van der Waals surface area contributed by atoms with E-state index in [0.29, 0.717) is 0 Å². The lowest BCUT2D eigenvalue weighted by molar-refractivity contribution is 0.213. The summed E-state index contributed by atoms with van der Waals surface area (Å²) in [5.74, 6) is 0. The van der Waals surface area contributed by atoms with E-state index in [4.69, 9.17) is 4.18 Å². The van der Waals surface area contributed by atoms with Crippen LogP contribution in [0.3, 0.4) is 0 Å². The zero-order valence-electron chi connectivity index (χ0n) is 10.2. The Morgan fingerprint density at radius 3 is 2.75 bits per heavy atom. The van der Waals surface area contributed by atoms with Crippen LogP contribution in [0.1, 0.15) is 40.0 Å². The second-order valence-corrected chi connectivity index (χ2v) is 6.47. The molecule has 0 spiro atoms. The van der Waals surface area contributed by atoms with Crippen LogP contribution in [0.15, 0.2) is 23.1 Å². The summed E-state index contributed by atoms with van der Waals surface area (Å²) < 4.78 is 27.9. The normalized spacial score (nSPS) is 28.8. The standard InChI is InChI=1S/C12H20O3S/c1-10(2)6-5-7-12(4)8-9-15-16(13,14)11(12)3/h6H,3,5,7-9H2,1-2,4H3/t12-/m1/s1. The topological polar surface area (TPSA) is 43.4 Å². The van der Waals surface area contributed by atoms with Crippen molar-refractivity contribution >= 4 is 10.1 Å². The lowest BCUT2D eigenvalue weighted by Crippen LogP contribution is -2.32. The van der Waals surface area contributed by atoms with Crippen LogP contribution in [0.25, 0.3) is 0 Å². The molecule has 0 N–H and O–H groups in total. The lowest BCUT2D eigenvalue weighted by Gasteiger charge is -2.34. The Morgan fingerprint density at radius 1 is 1.56 bits per heavy atom. The van der Waals surface area contributed by atoms with Gasteiger partial charge in [-0.25, -0.2) is 0 Å². The van der Waals surface area contributed by atoms with Gasteiger partial charge in [-0.05, 0) is 33.1 Å². The van der Waals surface area contributed by atoms with E-state index in [1.165, 1.54) is 5.57 Å². The Kier molecular flexibility index (Phi) is 3.97. The summed E-state index contributed by atoms with van der Waals surface area (Å²) in [5, 5.41) is 0. The molecule has 1 rings (SSSR count). The van der Waals surface area contributed by atoms with E-state index < -0.39 is 10.1 Å². The third kappa shape index (κ3) is 2.95. The molecule has 0 aromatic carbocycles. The van der Waals surface area contributed by atoms with Gasteiger partial charge in [-0.1, -0.05) is 25.2 Å². The highest BCUT2D eigenvalue weighted by Gasteiger charge is 2.39. The average molecular weight is 244 g/mol. The second-order valence-electron chi connectivity index (χ2n) is 4.83. The Labute approximate surface area is 98.3 Å². The molecule has 1 aliphatic rings. The van der Waals surface area contributed by atoms with Crippen LogP contribution in [0.4, 0.5) is 0 Å². The van der Waals surface area contributed by atoms with Crippen LogP contribution in [0, 0.1) is 5.41 Å². The highest BCUT2D eigenvalue weighted by atomic mass is 32.2. The third-order valence-corrected chi connectivity index (χ3v) is 4.69. The van der Waals surface area contributed by atoms with Crippen LogP contribution in [-0.2, 0) is 14.3 Å². The van der Waals surface area contributed by atoms with Gasteiger partial charge in [0.05, 0.1) is 11.5 Å². The van der Waals surface area contributed by atoms with Crippen molar-refractivity contribution in [1.29, 1.82) is 0 Å². The predicted octanol–water partition coefficient (Wildman–Crippen LogP) is 3.00. The summed E-state index contributed by atoms with van der Waals surface area (Å²) >= 11 is 0. The van der Waals surface area contributed by atoms with Crippen molar-refractivity contribution < 1.29 is 12.6 Å². The highest BCUT2D eigenvalue weighted by molar-refractivity contribution is 7.90. The molecule has 1 heterocycles. The molecule has 0 saturated carbocycles. The molecule has 0 amide bonds. The van der Waals surface area contributed by atoms with Crippen molar-refractivity contribution in [3.63, 3.8) is 0 Å². The molecular weight excluding hydrogens is 224 g/mol. The van der Waals surface area contributed by atoms with Crippen molar-refractivity contribution in [2.75, 3.05) is 6.61 Å². The molecule has 1 aliphatic heterocycles. The van der Waals surface area contributed by atoms with Gasteiger partial charge in [0.2, 0.25) is 0 Å². The van der Waals surface area contributed by atoms with E-state index in [9.17, 15) is 8.42 Å². The van der Waals surface area contributed by atoms with Crippen LogP contribution in [0.2, 0.25) is 0 Å². The van der Waals surface area contributed by atoms with Gasteiger partial charge in [0.1, 0.15) is 0 Å². The highest BCUT2D eigenvalue weighted by Crippen LogP contribution is 2.42. The number of hydrogen-bond acceptors (Lipinski definition) is 3. The summed E-state index contributed by atoms with van der Waals surface area (Å²) in [5.41, 5.74) is 0.910. The van der Waals surface area contributed by atoms with Crippen LogP contribution in [0.5, 0.6) is 0 Å². The Morgan fingerprint density at radius 2 is 2.19 bits per heavy atom. The predicted molar refractivity (Wildman–Crippen MR) is 65.4 cm³/mol. The smallest absolute Gasteiger partial charge is 0.267 e. The minimum Gasteiger partial charge on any atom is -0.267 e. The molecule has 0 aromatic rings. The zero-order valence-corrected chi connectivity index (χ0v) is 11.1. The van der Waals surface area contributed by atoms with Gasteiger partial charge in [0.15, 0.2) is 0 Å². The molecule has 0 bridgehead atoms. The molecule has 0 radical (unpaired) electrons. The first-order chi connectivity index (χ1) is 7.28. The van der Waals surface area contributed by atoms with E-state index >= 15 is 0 Å². The van der Waals surface area contributed by atoms with Crippen molar-refractivity contribution in [2.24, 2.45) is 5.41 Å². The van der Waals surface area contributed by atoms with Crippen LogP contribution in [-0.4, -0.2) is 15.0 Å². The summed E-state index contributed by atoms with van der Waals surface area (Å²) in [4.78, 5) is 0.230. The molecule has 4 heteroatoms. The molecule has 0 aliphatic carbocycles. The minimum absolute atomic E-state index is 0.230. The maximum Gasteiger partial charge on any atom is 0.293 e. The van der Waals surface area contributed by atoms with Gasteiger partial charge in [-0.15, -0.1) is 0 Å². The van der Waals surface area contributed by atoms with E-state index in [0.717, 1.165) is 19.3 Å². The molecule has 1 atom stereocenters. The first kappa shape index (κ1) is 13.5.